The molecule has 0 N–H and O–H groups in total. The molecule has 174 valence electrons. The molecule has 2 atom stereocenters. The molecule has 3 aliphatic rings. The van der Waals surface area contributed by atoms with Crippen LogP contribution in [0.5, 0.6) is 0 Å². The van der Waals surface area contributed by atoms with Gasteiger partial charge in [0.15, 0.2) is 0 Å². The molecule has 0 saturated heterocycles. The summed E-state index contributed by atoms with van der Waals surface area (Å²) < 4.78 is 50.7. The first-order valence-corrected chi connectivity index (χ1v) is 12.8. The number of rotatable bonds is 3. The summed E-state index contributed by atoms with van der Waals surface area (Å²) in [5.41, 5.74) is -2.40. The fraction of sp³-hybridized carbons (Fsp3) is 0.440. The second-order valence-corrected chi connectivity index (χ2v) is 11.6. The Balaban J connectivity index is 1.77. The molecule has 2 aliphatic heterocycles. The van der Waals surface area contributed by atoms with Gasteiger partial charge in [-0.25, -0.2) is 4.99 Å². The summed E-state index contributed by atoms with van der Waals surface area (Å²) in [6.07, 6.45) is -2.05. The molecule has 2 aromatic rings. The number of halogens is 3. The monoisotopic (exact) mass is 490 g/mol. The van der Waals surface area contributed by atoms with E-state index in [1.165, 1.54) is 11.8 Å². The van der Waals surface area contributed by atoms with E-state index >= 15 is 13.2 Å². The van der Waals surface area contributed by atoms with Crippen molar-refractivity contribution in [1.82, 2.24) is 0 Å². The Kier molecular flexibility index (Phi) is 5.59. The zero-order chi connectivity index (χ0) is 23.3. The fourth-order valence-corrected chi connectivity index (χ4v) is 8.95. The molecule has 2 aromatic carbocycles. The highest BCUT2D eigenvalue weighted by Gasteiger charge is 2.80. The number of fused-ring (bicyclic) bond motifs is 1. The highest BCUT2D eigenvalue weighted by atomic mass is 32.2. The molecular formula is C25H25F3N2OS2. The Morgan fingerprint density at radius 1 is 0.879 bits per heavy atom. The molecule has 0 bridgehead atoms. The summed E-state index contributed by atoms with van der Waals surface area (Å²) in [5.74, 6) is 0. The minimum absolute atomic E-state index is 0.0921. The van der Waals surface area contributed by atoms with E-state index in [2.05, 4.69) is 4.99 Å². The maximum Gasteiger partial charge on any atom is 0.420 e. The van der Waals surface area contributed by atoms with E-state index in [0.717, 1.165) is 30.2 Å². The zero-order valence-corrected chi connectivity index (χ0v) is 20.1. The molecule has 0 amide bonds. The van der Waals surface area contributed by atoms with Crippen molar-refractivity contribution in [3.05, 3.63) is 71.8 Å². The molecule has 1 aliphatic carbocycles. The first-order valence-electron chi connectivity index (χ1n) is 11.2. The second kappa shape index (κ2) is 8.08. The smallest absolute Gasteiger partial charge is 0.420 e. The Morgan fingerprint density at radius 3 is 2.06 bits per heavy atom. The number of hydrogen-bond donors (Lipinski definition) is 0. The van der Waals surface area contributed by atoms with Gasteiger partial charge in [0.2, 0.25) is 10.8 Å². The van der Waals surface area contributed by atoms with E-state index in [0.29, 0.717) is 17.9 Å². The Hall–Kier alpha value is -1.93. The van der Waals surface area contributed by atoms with Crippen molar-refractivity contribution < 1.29 is 17.9 Å². The lowest BCUT2D eigenvalue weighted by atomic mass is 9.75. The van der Waals surface area contributed by atoms with Gasteiger partial charge in [-0.1, -0.05) is 85.3 Å². The lowest BCUT2D eigenvalue weighted by Gasteiger charge is -2.48. The molecule has 1 fully saturated rings. The molecule has 5 rings (SSSR count). The zero-order valence-electron chi connectivity index (χ0n) is 18.4. The molecule has 1 saturated carbocycles. The van der Waals surface area contributed by atoms with Gasteiger partial charge in [0.1, 0.15) is 4.08 Å². The Labute approximate surface area is 200 Å². The van der Waals surface area contributed by atoms with E-state index in [1.807, 2.05) is 44.2 Å². The predicted molar refractivity (Wildman–Crippen MR) is 130 cm³/mol. The van der Waals surface area contributed by atoms with Crippen LogP contribution in [0.15, 0.2) is 70.6 Å². The molecule has 8 heteroatoms. The van der Waals surface area contributed by atoms with Crippen molar-refractivity contribution >= 4 is 33.8 Å². The third-order valence-electron chi connectivity index (χ3n) is 6.52. The van der Waals surface area contributed by atoms with Crippen molar-refractivity contribution in [3.63, 3.8) is 0 Å². The number of thioether (sulfide) groups is 2. The standard InChI is InChI=1S/C25H25F3N2OS2/c1-17(2)31-21-30-23(25(26,27)28,19-13-7-4-8-14-19)24(33-21)22(15-9-10-16-22)29-20(32-24)18-11-5-3-6-12-18/h3-8,11-14,17H,9-10,15-16H2,1-2H3. The van der Waals surface area contributed by atoms with Gasteiger partial charge < -0.3 is 4.74 Å². The van der Waals surface area contributed by atoms with Crippen LogP contribution in [0.4, 0.5) is 13.2 Å². The van der Waals surface area contributed by atoms with Crippen LogP contribution < -0.4 is 0 Å². The van der Waals surface area contributed by atoms with Gasteiger partial charge in [-0.15, -0.1) is 0 Å². The largest absolute Gasteiger partial charge is 0.470 e. The highest BCUT2D eigenvalue weighted by Crippen LogP contribution is 2.73. The van der Waals surface area contributed by atoms with Crippen LogP contribution in [0.3, 0.4) is 0 Å². The normalized spacial score (nSPS) is 28.5. The first-order chi connectivity index (χ1) is 15.7. The van der Waals surface area contributed by atoms with Crippen LogP contribution in [0.25, 0.3) is 0 Å². The number of alkyl halides is 3. The molecule has 0 aromatic heterocycles. The average Bonchev–Trinajstić information content (AvgIpc) is 3.47. The van der Waals surface area contributed by atoms with E-state index in [9.17, 15) is 0 Å². The SMILES string of the molecule is CC(C)OC1=NC(c2ccccc2)(C(F)(F)F)C2(S1)SC(c1ccccc1)=NC21CCCC1. The number of hydrogen-bond acceptors (Lipinski definition) is 5. The van der Waals surface area contributed by atoms with Crippen LogP contribution in [0.2, 0.25) is 0 Å². The lowest BCUT2D eigenvalue weighted by Crippen LogP contribution is -2.62. The van der Waals surface area contributed by atoms with E-state index < -0.39 is 21.3 Å². The van der Waals surface area contributed by atoms with Gasteiger partial charge in [-0.3, -0.25) is 4.99 Å². The molecule has 2 spiro atoms. The van der Waals surface area contributed by atoms with Crippen LogP contribution in [0.1, 0.15) is 50.7 Å². The van der Waals surface area contributed by atoms with Crippen LogP contribution in [0, 0.1) is 0 Å². The van der Waals surface area contributed by atoms with Gasteiger partial charge in [-0.2, -0.15) is 13.2 Å². The number of ether oxygens (including phenoxy) is 1. The predicted octanol–water partition coefficient (Wildman–Crippen LogP) is 7.17. The Bertz CT molecular complexity index is 1080. The fourth-order valence-electron chi connectivity index (χ4n) is 5.18. The molecule has 2 unspecified atom stereocenters. The maximum atomic E-state index is 15.4. The minimum atomic E-state index is -4.65. The molecule has 0 radical (unpaired) electrons. The summed E-state index contributed by atoms with van der Waals surface area (Å²) >= 11 is 2.36. The van der Waals surface area contributed by atoms with Crippen LogP contribution in [-0.4, -0.2) is 32.2 Å². The van der Waals surface area contributed by atoms with Crippen molar-refractivity contribution in [3.8, 4) is 0 Å². The van der Waals surface area contributed by atoms with Crippen molar-refractivity contribution in [2.75, 3.05) is 0 Å². The highest BCUT2D eigenvalue weighted by molar-refractivity contribution is 8.32. The summed E-state index contributed by atoms with van der Waals surface area (Å²) in [7, 11) is 0. The van der Waals surface area contributed by atoms with Gasteiger partial charge in [0, 0.05) is 5.56 Å². The van der Waals surface area contributed by atoms with Crippen LogP contribution in [-0.2, 0) is 10.3 Å². The number of aliphatic imine (C=N–C) groups is 2. The topological polar surface area (TPSA) is 34.0 Å². The molecule has 2 heterocycles. The minimum Gasteiger partial charge on any atom is -0.470 e. The van der Waals surface area contributed by atoms with Gasteiger partial charge in [0.05, 0.1) is 16.7 Å². The van der Waals surface area contributed by atoms with Gasteiger partial charge in [-0.05, 0) is 44.0 Å². The Morgan fingerprint density at radius 2 is 1.48 bits per heavy atom. The summed E-state index contributed by atoms with van der Waals surface area (Å²) in [6, 6.07) is 17.6. The maximum absolute atomic E-state index is 15.4. The van der Waals surface area contributed by atoms with Crippen molar-refractivity contribution in [2.45, 2.75) is 67.0 Å². The average molecular weight is 491 g/mol. The van der Waals surface area contributed by atoms with E-state index in [1.54, 1.807) is 30.3 Å². The summed E-state index contributed by atoms with van der Waals surface area (Å²) in [4.78, 5) is 9.52. The van der Waals surface area contributed by atoms with Gasteiger partial charge >= 0.3 is 6.18 Å². The number of benzene rings is 2. The first kappa shape index (κ1) is 22.8. The lowest BCUT2D eigenvalue weighted by molar-refractivity contribution is -0.194. The van der Waals surface area contributed by atoms with E-state index in [4.69, 9.17) is 9.73 Å². The van der Waals surface area contributed by atoms with Crippen molar-refractivity contribution in [2.24, 2.45) is 9.98 Å². The molecule has 33 heavy (non-hydrogen) atoms. The third kappa shape index (κ3) is 3.35. The molecule has 3 nitrogen and oxygen atoms in total. The van der Waals surface area contributed by atoms with Crippen LogP contribution >= 0.6 is 23.5 Å². The quantitative estimate of drug-likeness (QED) is 0.457. The van der Waals surface area contributed by atoms with E-state index in [-0.39, 0.29) is 16.9 Å². The molecular weight excluding hydrogens is 465 g/mol. The van der Waals surface area contributed by atoms with Gasteiger partial charge in [0.25, 0.3) is 0 Å². The summed E-state index contributed by atoms with van der Waals surface area (Å²) in [6.45, 7) is 3.62. The number of nitrogens with zero attached hydrogens (tertiary/aromatic N) is 2. The summed E-state index contributed by atoms with van der Waals surface area (Å²) in [5, 5.41) is 0.741. The third-order valence-corrected chi connectivity index (χ3v) is 9.83. The van der Waals surface area contributed by atoms with Crippen molar-refractivity contribution in [1.29, 1.82) is 0 Å². The second-order valence-electron chi connectivity index (χ2n) is 8.96.